The minimum atomic E-state index is -0.770. The van der Waals surface area contributed by atoms with Gasteiger partial charge in [-0.1, -0.05) is 87.0 Å². The number of aryl methyl sites for hydroxylation is 1. The van der Waals surface area contributed by atoms with Crippen molar-refractivity contribution in [3.05, 3.63) is 95.2 Å². The van der Waals surface area contributed by atoms with E-state index in [4.69, 9.17) is 5.11 Å². The van der Waals surface area contributed by atoms with E-state index in [-0.39, 0.29) is 11.8 Å². The number of benzene rings is 2. The second kappa shape index (κ2) is 11.5. The first-order valence-electron chi connectivity index (χ1n) is 11.2. The molecule has 2 aromatic carbocycles. The molecule has 3 heteroatoms. The summed E-state index contributed by atoms with van der Waals surface area (Å²) in [7, 11) is 2.11. The van der Waals surface area contributed by atoms with Crippen LogP contribution in [0.15, 0.2) is 84.1 Å². The Hall–Kier alpha value is -3.07. The number of rotatable bonds is 9. The van der Waals surface area contributed by atoms with Crippen LogP contribution in [-0.4, -0.2) is 18.1 Å². The predicted molar refractivity (Wildman–Crippen MR) is 137 cm³/mol. The van der Waals surface area contributed by atoms with Gasteiger partial charge in [-0.2, -0.15) is 0 Å². The summed E-state index contributed by atoms with van der Waals surface area (Å²) in [6.45, 7) is 10.9. The van der Waals surface area contributed by atoms with Crippen LogP contribution in [-0.2, 0) is 11.2 Å². The van der Waals surface area contributed by atoms with Gasteiger partial charge in [0.15, 0.2) is 0 Å². The molecule has 0 saturated carbocycles. The van der Waals surface area contributed by atoms with Crippen LogP contribution in [0.3, 0.4) is 0 Å². The molecule has 0 aliphatic rings. The molecule has 0 radical (unpaired) electrons. The van der Waals surface area contributed by atoms with Gasteiger partial charge in [0.1, 0.15) is 0 Å². The maximum atomic E-state index is 11.0. The molecule has 2 aromatic rings. The van der Waals surface area contributed by atoms with E-state index in [2.05, 4.69) is 101 Å². The van der Waals surface area contributed by atoms with E-state index in [1.54, 1.807) is 0 Å². The van der Waals surface area contributed by atoms with Gasteiger partial charge in [-0.3, -0.25) is 4.79 Å². The minimum absolute atomic E-state index is 0.0913. The Kier molecular flexibility index (Phi) is 9.07. The van der Waals surface area contributed by atoms with Crippen molar-refractivity contribution in [1.29, 1.82) is 0 Å². The fourth-order valence-electron chi connectivity index (χ4n) is 3.51. The molecule has 0 amide bonds. The highest BCUT2D eigenvalue weighted by Gasteiger charge is 2.21. The second-order valence-corrected chi connectivity index (χ2v) is 9.45. The summed E-state index contributed by atoms with van der Waals surface area (Å²) >= 11 is 0. The molecule has 0 heterocycles. The van der Waals surface area contributed by atoms with Crippen molar-refractivity contribution in [2.75, 3.05) is 11.9 Å². The average molecular weight is 432 g/mol. The summed E-state index contributed by atoms with van der Waals surface area (Å²) in [5.41, 5.74) is 7.02. The normalized spacial score (nSPS) is 13.2. The predicted octanol–water partition coefficient (Wildman–Crippen LogP) is 7.51. The Morgan fingerprint density at radius 3 is 2.31 bits per heavy atom. The number of carbonyl (C=O) groups is 1. The van der Waals surface area contributed by atoms with Crippen LogP contribution in [0.1, 0.15) is 58.6 Å². The molecule has 0 aliphatic heterocycles. The Bertz CT molecular complexity index is 991. The lowest BCUT2D eigenvalue weighted by Gasteiger charge is -2.31. The van der Waals surface area contributed by atoms with Crippen molar-refractivity contribution in [1.82, 2.24) is 0 Å². The number of nitrogens with zero attached hydrogens (tertiary/aromatic N) is 1. The molecule has 3 nitrogen and oxygen atoms in total. The van der Waals surface area contributed by atoms with Gasteiger partial charge >= 0.3 is 5.97 Å². The molecule has 0 spiro atoms. The minimum Gasteiger partial charge on any atom is -0.481 e. The maximum Gasteiger partial charge on any atom is 0.303 e. The Morgan fingerprint density at radius 2 is 1.72 bits per heavy atom. The van der Waals surface area contributed by atoms with Crippen molar-refractivity contribution in [3.8, 4) is 0 Å². The molecule has 0 aliphatic carbocycles. The zero-order chi connectivity index (χ0) is 23.7. The monoisotopic (exact) mass is 431 g/mol. The van der Waals surface area contributed by atoms with Crippen molar-refractivity contribution in [2.45, 2.75) is 53.9 Å². The molecule has 0 aromatic heterocycles. The zero-order valence-electron chi connectivity index (χ0n) is 20.4. The van der Waals surface area contributed by atoms with E-state index in [0.717, 1.165) is 17.7 Å². The number of hydrogen-bond acceptors (Lipinski definition) is 2. The molecule has 32 heavy (non-hydrogen) atoms. The maximum absolute atomic E-state index is 11.0. The first-order valence-corrected chi connectivity index (χ1v) is 11.2. The Morgan fingerprint density at radius 1 is 1.03 bits per heavy atom. The van der Waals surface area contributed by atoms with Crippen LogP contribution < -0.4 is 4.90 Å². The summed E-state index contributed by atoms with van der Waals surface area (Å²) in [4.78, 5) is 13.3. The van der Waals surface area contributed by atoms with Crippen molar-refractivity contribution >= 4 is 17.2 Å². The third kappa shape index (κ3) is 7.88. The fraction of sp³-hybridized carbons (Fsp3) is 0.345. The SMILES string of the molecule is C/C=C(C)/C=C/C(=C(/CC(C)(C)C)N(C)c1cccc(CCC(=O)O)c1)c1ccccc1. The quantitative estimate of drug-likeness (QED) is 0.418. The van der Waals surface area contributed by atoms with E-state index in [1.165, 1.54) is 22.4 Å². The molecule has 2 rings (SSSR count). The van der Waals surface area contributed by atoms with E-state index in [9.17, 15) is 4.79 Å². The summed E-state index contributed by atoms with van der Waals surface area (Å²) in [5.74, 6) is -0.770. The Balaban J connectivity index is 2.63. The number of carboxylic acids is 1. The van der Waals surface area contributed by atoms with Gasteiger partial charge in [-0.15, -0.1) is 0 Å². The third-order valence-electron chi connectivity index (χ3n) is 5.39. The van der Waals surface area contributed by atoms with Crippen LogP contribution in [0.25, 0.3) is 5.57 Å². The fourth-order valence-corrected chi connectivity index (χ4v) is 3.51. The van der Waals surface area contributed by atoms with Crippen LogP contribution >= 0.6 is 0 Å². The topological polar surface area (TPSA) is 40.5 Å². The Labute approximate surface area is 193 Å². The molecular weight excluding hydrogens is 394 g/mol. The van der Waals surface area contributed by atoms with Crippen molar-refractivity contribution in [3.63, 3.8) is 0 Å². The lowest BCUT2D eigenvalue weighted by Crippen LogP contribution is -2.22. The second-order valence-electron chi connectivity index (χ2n) is 9.45. The molecule has 170 valence electrons. The molecule has 0 bridgehead atoms. The lowest BCUT2D eigenvalue weighted by atomic mass is 9.86. The summed E-state index contributed by atoms with van der Waals surface area (Å²) < 4.78 is 0. The summed E-state index contributed by atoms with van der Waals surface area (Å²) in [6.07, 6.45) is 8.06. The van der Waals surface area contributed by atoms with Crippen molar-refractivity contribution in [2.24, 2.45) is 5.41 Å². The highest BCUT2D eigenvalue weighted by Crippen LogP contribution is 2.35. The van der Waals surface area contributed by atoms with Gasteiger partial charge in [0, 0.05) is 30.4 Å². The number of anilines is 1. The molecule has 0 unspecified atom stereocenters. The number of carboxylic acid groups (broad SMARTS) is 1. The van der Waals surface area contributed by atoms with Gasteiger partial charge < -0.3 is 10.0 Å². The van der Waals surface area contributed by atoms with Crippen LogP contribution in [0, 0.1) is 5.41 Å². The van der Waals surface area contributed by atoms with Gasteiger partial charge in [0.05, 0.1) is 0 Å². The molecule has 0 saturated heterocycles. The van der Waals surface area contributed by atoms with E-state index in [0.29, 0.717) is 6.42 Å². The van der Waals surface area contributed by atoms with Crippen molar-refractivity contribution < 1.29 is 9.90 Å². The standard InChI is InChI=1S/C29H37NO2/c1-7-22(2)16-18-26(24-13-9-8-10-14-24)27(21-29(3,4)5)30(6)25-15-11-12-23(20-25)17-19-28(31)32/h7-16,18,20H,17,19,21H2,1-6H3,(H,31,32)/b18-16+,22-7+,27-26+. The van der Waals surface area contributed by atoms with Gasteiger partial charge in [0.2, 0.25) is 0 Å². The van der Waals surface area contributed by atoms with Crippen LogP contribution in [0.4, 0.5) is 5.69 Å². The number of allylic oxidation sites excluding steroid dienone is 6. The lowest BCUT2D eigenvalue weighted by molar-refractivity contribution is -0.136. The first-order chi connectivity index (χ1) is 15.1. The number of aliphatic carboxylic acids is 1. The van der Waals surface area contributed by atoms with Gasteiger partial charge in [-0.25, -0.2) is 0 Å². The van der Waals surface area contributed by atoms with Gasteiger partial charge in [0.25, 0.3) is 0 Å². The average Bonchev–Trinajstić information content (AvgIpc) is 2.76. The molecular formula is C29H37NO2. The van der Waals surface area contributed by atoms with E-state index in [1.807, 2.05) is 18.2 Å². The first kappa shape index (κ1) is 25.2. The molecule has 0 atom stereocenters. The van der Waals surface area contributed by atoms with E-state index < -0.39 is 5.97 Å². The smallest absolute Gasteiger partial charge is 0.303 e. The molecule has 1 N–H and O–H groups in total. The highest BCUT2D eigenvalue weighted by molar-refractivity contribution is 5.80. The largest absolute Gasteiger partial charge is 0.481 e. The third-order valence-corrected chi connectivity index (χ3v) is 5.39. The summed E-state index contributed by atoms with van der Waals surface area (Å²) in [6, 6.07) is 18.7. The van der Waals surface area contributed by atoms with Crippen LogP contribution in [0.5, 0.6) is 0 Å². The summed E-state index contributed by atoms with van der Waals surface area (Å²) in [5, 5.41) is 9.06. The van der Waals surface area contributed by atoms with E-state index >= 15 is 0 Å². The van der Waals surface area contributed by atoms with Gasteiger partial charge in [-0.05, 0) is 55.4 Å². The highest BCUT2D eigenvalue weighted by atomic mass is 16.4. The zero-order valence-corrected chi connectivity index (χ0v) is 20.4. The number of hydrogen-bond donors (Lipinski definition) is 1. The van der Waals surface area contributed by atoms with Crippen LogP contribution in [0.2, 0.25) is 0 Å². The molecule has 0 fully saturated rings.